The van der Waals surface area contributed by atoms with Crippen molar-refractivity contribution in [3.05, 3.63) is 310 Å². The van der Waals surface area contributed by atoms with E-state index in [-0.39, 0.29) is 33.0 Å². The van der Waals surface area contributed by atoms with E-state index in [9.17, 15) is 0 Å². The molecule has 524 valence electrons. The number of hydrogen-bond acceptors (Lipinski definition) is 11. The van der Waals surface area contributed by atoms with Gasteiger partial charge < -0.3 is 41.4 Å². The number of imidazole rings is 1. The number of para-hydroxylation sites is 6. The summed E-state index contributed by atoms with van der Waals surface area (Å²) in [6.45, 7) is 0. The molecule has 0 spiro atoms. The van der Waals surface area contributed by atoms with Crippen LogP contribution in [0.15, 0.2) is 317 Å². The predicted octanol–water partition coefficient (Wildman–Crippen LogP) is 17.0. The minimum absolute atomic E-state index is 0. The van der Waals surface area contributed by atoms with Gasteiger partial charge in [-0.2, -0.15) is 9.97 Å². The second kappa shape index (κ2) is 26.3. The number of benzene rings is 11. The van der Waals surface area contributed by atoms with Gasteiger partial charge in [0.1, 0.15) is 27.8 Å². The molecule has 11 heterocycles. The monoisotopic (exact) mass is 1520 g/mol. The van der Waals surface area contributed by atoms with Crippen LogP contribution in [0.4, 0.5) is 51.6 Å². The largest absolute Gasteiger partial charge is 0.535 e. The Kier molecular flexibility index (Phi) is 16.1. The molecule has 0 atom stereocenters. The number of nitrogens with one attached hydrogen (secondary N) is 1. The molecule has 16 nitrogen and oxygen atoms in total. The molecule has 2 aliphatic heterocycles. The van der Waals surface area contributed by atoms with Crippen LogP contribution in [0.3, 0.4) is 0 Å². The summed E-state index contributed by atoms with van der Waals surface area (Å²) < 4.78 is 30.6. The summed E-state index contributed by atoms with van der Waals surface area (Å²) in [6.07, 6.45) is 5.55. The fourth-order valence-electron chi connectivity index (χ4n) is 15.9. The normalized spacial score (nSPS) is 12.4. The Morgan fingerprint density at radius 3 is 1.78 bits per heavy atom. The Morgan fingerprint density at radius 2 is 1.05 bits per heavy atom. The van der Waals surface area contributed by atoms with Gasteiger partial charge in [0, 0.05) is 110 Å². The van der Waals surface area contributed by atoms with Crippen molar-refractivity contribution in [1.29, 1.82) is 0 Å². The molecule has 9 aromatic heterocycles. The molecule has 20 aromatic rings. The molecule has 0 fully saturated rings. The number of fused-ring (bicyclic) bond motifs is 16. The van der Waals surface area contributed by atoms with Gasteiger partial charge in [0.25, 0.3) is 0 Å². The molecule has 11 aromatic carbocycles. The number of oxazole rings is 2. The van der Waals surface area contributed by atoms with Gasteiger partial charge >= 0.3 is 12.0 Å². The summed E-state index contributed by atoms with van der Waals surface area (Å²) in [6, 6.07) is 104. The van der Waals surface area contributed by atoms with Crippen LogP contribution in [0.1, 0.15) is 0 Å². The molecular weight excluding hydrogens is 1460 g/mol. The van der Waals surface area contributed by atoms with Crippen LogP contribution in [0, 0.1) is 6.07 Å². The van der Waals surface area contributed by atoms with Gasteiger partial charge in [-0.3, -0.25) is 0 Å². The summed E-state index contributed by atoms with van der Waals surface area (Å²) >= 11 is 0. The maximum atomic E-state index is 6.87. The van der Waals surface area contributed by atoms with Gasteiger partial charge in [-0.15, -0.1) is 17.5 Å². The van der Waals surface area contributed by atoms with E-state index in [0.717, 1.165) is 140 Å². The second-order valence-electron chi connectivity index (χ2n) is 26.7. The Bertz CT molecular complexity index is 6800. The number of anilines is 9. The second-order valence-corrected chi connectivity index (χ2v) is 31.3. The van der Waals surface area contributed by atoms with E-state index in [1.54, 1.807) is 6.26 Å². The van der Waals surface area contributed by atoms with Gasteiger partial charge in [0.2, 0.25) is 17.9 Å². The standard InChI is InChI=1S/C44H34N9OSi.C44H26N4O2Si.2Ni/c1-49-26-30(39-43(49)50(2)27-45-39)31-22-24-37-42(47-31)52(36-21-13-12-20-35(36)51(37)3)44-48-40-38(54-44)25-23-33-41(40)53(34-19-11-10-18-32(34)46-33)55(28-14-6-4-7-15-28)29-16-8-5-9-17-29;1-3-12-28(13-4-1)51(29-14-5-2-6-15-29)48-38-20-10-8-16-31(38)34-23-25-40-41(42(34)48)46-44(50-40)47-37-19-9-7-17-32(37)35-22-24-36(45-43(35)47)30-18-11-21-39-33(30)26-27-49-39;;/h4-27,46H,1-3H3;1-25,27H;;/q;-1;;. The zero-order valence-electron chi connectivity index (χ0n) is 58.1. The summed E-state index contributed by atoms with van der Waals surface area (Å²) in [5, 5.41) is 14.2. The zero-order chi connectivity index (χ0) is 70.3. The van der Waals surface area contributed by atoms with Crippen LogP contribution in [-0.4, -0.2) is 58.3 Å². The third-order valence-electron chi connectivity index (χ3n) is 20.6. The van der Waals surface area contributed by atoms with Crippen molar-refractivity contribution in [3.8, 4) is 28.5 Å². The summed E-state index contributed by atoms with van der Waals surface area (Å²) in [4.78, 5) is 30.5. The Morgan fingerprint density at radius 1 is 0.463 bits per heavy atom. The molecule has 22 rings (SSSR count). The molecule has 0 unspecified atom stereocenters. The van der Waals surface area contributed by atoms with Crippen molar-refractivity contribution in [2.75, 3.05) is 26.7 Å². The zero-order valence-corrected chi connectivity index (χ0v) is 62.1. The van der Waals surface area contributed by atoms with Crippen molar-refractivity contribution in [1.82, 2.24) is 38.3 Å². The van der Waals surface area contributed by atoms with E-state index in [0.29, 0.717) is 17.6 Å². The van der Waals surface area contributed by atoms with Gasteiger partial charge in [-0.1, -0.05) is 200 Å². The average Bonchev–Trinajstić information content (AvgIpc) is 1.52. The van der Waals surface area contributed by atoms with Crippen LogP contribution in [0.25, 0.3) is 117 Å². The number of nitrogens with zero attached hydrogens (tertiary/aromatic N) is 12. The van der Waals surface area contributed by atoms with E-state index in [4.69, 9.17) is 38.2 Å². The first-order valence-electron chi connectivity index (χ1n) is 35.1. The molecule has 0 bridgehead atoms. The number of hydrogen-bond donors (Lipinski definition) is 1. The minimum atomic E-state index is -1.61. The molecule has 1 N–H and O–H groups in total. The molecule has 2 radical (unpaired) electrons. The van der Waals surface area contributed by atoms with Crippen molar-refractivity contribution in [3.63, 3.8) is 0 Å². The Labute approximate surface area is 642 Å². The smallest absolute Gasteiger partial charge is 0.309 e. The summed E-state index contributed by atoms with van der Waals surface area (Å²) in [5.74, 6) is 0.728. The van der Waals surface area contributed by atoms with Gasteiger partial charge in [-0.05, 0) is 106 Å². The van der Waals surface area contributed by atoms with Gasteiger partial charge in [0.15, 0.2) is 17.0 Å². The fraction of sp³-hybridized carbons (Fsp3) is 0.0341. The third-order valence-corrected chi connectivity index (χ3v) is 25.9. The van der Waals surface area contributed by atoms with Crippen molar-refractivity contribution < 1.29 is 50.8 Å². The van der Waals surface area contributed by atoms with Gasteiger partial charge in [-0.25, -0.2) is 24.4 Å². The quantitative estimate of drug-likeness (QED) is 0.0790. The van der Waals surface area contributed by atoms with E-state index < -0.39 is 17.9 Å². The van der Waals surface area contributed by atoms with E-state index in [1.807, 2.05) is 55.3 Å². The molecule has 0 aliphatic carbocycles. The minimum Gasteiger partial charge on any atom is -0.535 e. The van der Waals surface area contributed by atoms with Crippen LogP contribution in [-0.2, 0) is 47.1 Å². The predicted molar refractivity (Wildman–Crippen MR) is 427 cm³/mol. The third kappa shape index (κ3) is 10.4. The maximum Gasteiger partial charge on any atom is 0.309 e. The number of aryl methyl sites for hydroxylation is 2. The van der Waals surface area contributed by atoms with Crippen LogP contribution >= 0.6 is 0 Å². The van der Waals surface area contributed by atoms with Crippen molar-refractivity contribution >= 4 is 178 Å². The number of aromatic nitrogens is 9. The number of rotatable bonds is 10. The molecular formula is C88H60N13Ni2O3Si2-. The topological polar surface area (TPSA) is 146 Å². The van der Waals surface area contributed by atoms with Crippen molar-refractivity contribution in [2.45, 2.75) is 0 Å². The van der Waals surface area contributed by atoms with Crippen molar-refractivity contribution in [2.24, 2.45) is 14.1 Å². The van der Waals surface area contributed by atoms with Gasteiger partial charge in [0.05, 0.1) is 62.9 Å². The van der Waals surface area contributed by atoms with E-state index in [2.05, 4.69) is 307 Å². The molecule has 0 saturated carbocycles. The Balaban J connectivity index is 0.000000145. The van der Waals surface area contributed by atoms with E-state index >= 15 is 0 Å². The first-order valence-corrected chi connectivity index (χ1v) is 38.0. The number of furan rings is 1. The molecule has 0 saturated heterocycles. The molecule has 108 heavy (non-hydrogen) atoms. The summed E-state index contributed by atoms with van der Waals surface area (Å²) in [7, 11) is 2.99. The van der Waals surface area contributed by atoms with Crippen LogP contribution in [0.2, 0.25) is 0 Å². The fourth-order valence-corrected chi connectivity index (χ4v) is 21.4. The summed E-state index contributed by atoms with van der Waals surface area (Å²) in [5.41, 5.74) is 20.3. The van der Waals surface area contributed by atoms with E-state index in [1.165, 1.54) is 31.6 Å². The maximum absolute atomic E-state index is 6.87. The molecule has 20 heteroatoms. The van der Waals surface area contributed by atoms with Crippen LogP contribution in [0.5, 0.6) is 0 Å². The molecule has 0 amide bonds. The number of pyridine rings is 2. The van der Waals surface area contributed by atoms with Crippen LogP contribution < -0.4 is 50.0 Å². The Hall–Kier alpha value is -12.8. The molecule has 2 aliphatic rings. The SMILES string of the molecule is CN1c2ccccc2N(c2nc3c4c(ccc3o2)Nc2ccccc2N4[Si](c2ccccc2)c2ccccc2)c2nc(-c3cn(C)c4c3[n-]c[n+]4C)ccc21.[Ni].[Ni].[c-]1coc2cccc(-c3ccc4c5ccccc5n(-c5nc6c(ccc7c8ccccc8n([Si](c8ccccc8)c8ccccc8)c76)o5)c4n3)c12. The first kappa shape index (κ1) is 65.9. The average molecular weight is 1520 g/mol. The first-order chi connectivity index (χ1) is 52.3.